The molecule has 0 aromatic carbocycles. The number of phosphoric acid groups is 1. The van der Waals surface area contributed by atoms with Gasteiger partial charge in [-0.15, -0.1) is 0 Å². The first-order chi connectivity index (χ1) is 29.5. The molecule has 8 nitrogen and oxygen atoms in total. The van der Waals surface area contributed by atoms with Gasteiger partial charge in [-0.25, -0.2) is 0 Å². The SMILES string of the molecule is CCCCCCCCC/C=C\CCCCCCCC(=O)NC(COP(=O)([O-])OCC[N+](C)(C)C)C(O)CCCCCCCCCCCCCCCCCCCCCCCCC. The quantitative estimate of drug-likeness (QED) is 0.0273. The highest BCUT2D eigenvalue weighted by Gasteiger charge is 2.24. The normalized spacial score (nSPS) is 14.1. The van der Waals surface area contributed by atoms with Gasteiger partial charge in [0.05, 0.1) is 39.9 Å². The molecule has 0 radical (unpaired) electrons. The van der Waals surface area contributed by atoms with Crippen molar-refractivity contribution in [1.29, 1.82) is 0 Å². The topological polar surface area (TPSA) is 108 Å². The number of nitrogens with zero attached hydrogens (tertiary/aromatic N) is 1. The zero-order valence-electron chi connectivity index (χ0n) is 41.4. The Morgan fingerprint density at radius 2 is 0.902 bits per heavy atom. The van der Waals surface area contributed by atoms with E-state index in [4.69, 9.17) is 9.05 Å². The van der Waals surface area contributed by atoms with E-state index in [1.165, 1.54) is 186 Å². The summed E-state index contributed by atoms with van der Waals surface area (Å²) in [5, 5.41) is 14.0. The lowest BCUT2D eigenvalue weighted by molar-refractivity contribution is -0.870. The summed E-state index contributed by atoms with van der Waals surface area (Å²) >= 11 is 0. The van der Waals surface area contributed by atoms with Crippen LogP contribution in [-0.4, -0.2) is 68.5 Å². The number of unbranched alkanes of at least 4 members (excludes halogenated alkanes) is 34. The number of nitrogens with one attached hydrogen (secondary N) is 1. The van der Waals surface area contributed by atoms with Crippen molar-refractivity contribution in [2.75, 3.05) is 40.9 Å². The van der Waals surface area contributed by atoms with Gasteiger partial charge in [-0.05, 0) is 38.5 Å². The Labute approximate surface area is 380 Å². The number of rotatable bonds is 49. The highest BCUT2D eigenvalue weighted by Crippen LogP contribution is 2.38. The number of allylic oxidation sites excluding steroid dienone is 2. The van der Waals surface area contributed by atoms with Gasteiger partial charge in [0.2, 0.25) is 5.91 Å². The van der Waals surface area contributed by atoms with Crippen LogP contribution >= 0.6 is 7.82 Å². The van der Waals surface area contributed by atoms with Gasteiger partial charge in [-0.3, -0.25) is 9.36 Å². The molecule has 0 aromatic rings. The number of aliphatic hydroxyl groups is 1. The predicted molar refractivity (Wildman–Crippen MR) is 261 cm³/mol. The standard InChI is InChI=1S/C52H105N2O6P/c1-6-8-10-12-14-16-18-20-22-24-25-26-27-28-29-30-31-33-35-37-39-41-43-45-51(55)50(49-60-61(57,58)59-48-47-54(3,4)5)53-52(56)46-44-42-40-38-36-34-32-23-21-19-17-15-13-11-9-7-2/h23,32,50-51,55H,6-22,24-31,33-49H2,1-5H3,(H-,53,56,57,58)/b32-23-. The Kier molecular flexibility index (Phi) is 43.9. The number of carbonyl (C=O) groups excluding carboxylic acids is 1. The molecular formula is C52H105N2O6P. The van der Waals surface area contributed by atoms with Crippen LogP contribution in [0.2, 0.25) is 0 Å². The highest BCUT2D eigenvalue weighted by atomic mass is 31.2. The molecule has 0 spiro atoms. The van der Waals surface area contributed by atoms with E-state index in [1.54, 1.807) is 0 Å². The first-order valence-electron chi connectivity index (χ1n) is 26.5. The average molecular weight is 885 g/mol. The van der Waals surface area contributed by atoms with E-state index < -0.39 is 20.0 Å². The van der Waals surface area contributed by atoms with Gasteiger partial charge in [-0.2, -0.15) is 0 Å². The molecule has 3 unspecified atom stereocenters. The fourth-order valence-electron chi connectivity index (χ4n) is 8.04. The zero-order chi connectivity index (χ0) is 45.0. The molecule has 0 aliphatic rings. The maximum Gasteiger partial charge on any atom is 0.268 e. The van der Waals surface area contributed by atoms with Crippen LogP contribution in [-0.2, 0) is 18.4 Å². The molecule has 0 aromatic heterocycles. The second-order valence-corrected chi connectivity index (χ2v) is 21.0. The Bertz CT molecular complexity index is 1000. The summed E-state index contributed by atoms with van der Waals surface area (Å²) in [5.41, 5.74) is 0. The summed E-state index contributed by atoms with van der Waals surface area (Å²) < 4.78 is 23.4. The molecule has 0 aliphatic heterocycles. The number of aliphatic hydroxyl groups excluding tert-OH is 1. The highest BCUT2D eigenvalue weighted by molar-refractivity contribution is 7.45. The van der Waals surface area contributed by atoms with Crippen LogP contribution in [0.3, 0.4) is 0 Å². The molecule has 0 fully saturated rings. The maximum absolute atomic E-state index is 12.9. The van der Waals surface area contributed by atoms with Crippen LogP contribution in [0, 0.1) is 0 Å². The van der Waals surface area contributed by atoms with Gasteiger partial charge in [0.15, 0.2) is 0 Å². The third-order valence-electron chi connectivity index (χ3n) is 12.3. The van der Waals surface area contributed by atoms with Crippen molar-refractivity contribution in [2.24, 2.45) is 0 Å². The molecule has 1 amide bonds. The van der Waals surface area contributed by atoms with E-state index in [0.717, 1.165) is 51.4 Å². The second-order valence-electron chi connectivity index (χ2n) is 19.6. The third kappa shape index (κ3) is 47.0. The van der Waals surface area contributed by atoms with E-state index in [9.17, 15) is 19.4 Å². The number of likely N-dealkylation sites (N-methyl/N-ethyl adjacent to an activating group) is 1. The lowest BCUT2D eigenvalue weighted by atomic mass is 10.0. The molecule has 0 aliphatic carbocycles. The lowest BCUT2D eigenvalue weighted by Crippen LogP contribution is -2.46. The van der Waals surface area contributed by atoms with E-state index in [-0.39, 0.29) is 19.1 Å². The Balaban J connectivity index is 4.20. The number of hydrogen-bond donors (Lipinski definition) is 2. The molecule has 0 rings (SSSR count). The molecule has 3 atom stereocenters. The molecule has 61 heavy (non-hydrogen) atoms. The number of quaternary nitrogens is 1. The first kappa shape index (κ1) is 60.2. The number of amides is 1. The van der Waals surface area contributed by atoms with Gasteiger partial charge >= 0.3 is 0 Å². The monoisotopic (exact) mass is 885 g/mol. The van der Waals surface area contributed by atoms with E-state index in [0.29, 0.717) is 23.9 Å². The molecule has 0 heterocycles. The summed E-state index contributed by atoms with van der Waals surface area (Å²) in [6, 6.07) is -0.802. The van der Waals surface area contributed by atoms with Crippen LogP contribution in [0.15, 0.2) is 12.2 Å². The van der Waals surface area contributed by atoms with Crippen LogP contribution < -0.4 is 10.2 Å². The van der Waals surface area contributed by atoms with Crippen LogP contribution in [0.1, 0.15) is 264 Å². The summed E-state index contributed by atoms with van der Waals surface area (Å²) in [6.45, 7) is 4.74. The average Bonchev–Trinajstić information content (AvgIpc) is 3.21. The van der Waals surface area contributed by atoms with E-state index >= 15 is 0 Å². The zero-order valence-corrected chi connectivity index (χ0v) is 42.3. The van der Waals surface area contributed by atoms with Crippen LogP contribution in [0.4, 0.5) is 0 Å². The minimum Gasteiger partial charge on any atom is -0.756 e. The summed E-state index contributed by atoms with van der Waals surface area (Å²) in [4.78, 5) is 25.4. The Morgan fingerprint density at radius 1 is 0.557 bits per heavy atom. The number of carbonyl (C=O) groups is 1. The first-order valence-corrected chi connectivity index (χ1v) is 28.0. The molecular weight excluding hydrogens is 780 g/mol. The molecule has 0 saturated heterocycles. The second kappa shape index (κ2) is 44.4. The van der Waals surface area contributed by atoms with Crippen molar-refractivity contribution < 1.29 is 32.9 Å². The minimum absolute atomic E-state index is 0.0128. The van der Waals surface area contributed by atoms with Crippen LogP contribution in [0.25, 0.3) is 0 Å². The molecule has 0 saturated carbocycles. The van der Waals surface area contributed by atoms with E-state index in [2.05, 4.69) is 31.3 Å². The summed E-state index contributed by atoms with van der Waals surface area (Å²) in [5.74, 6) is -0.169. The van der Waals surface area contributed by atoms with Crippen molar-refractivity contribution in [3.05, 3.63) is 12.2 Å². The van der Waals surface area contributed by atoms with Gasteiger partial charge < -0.3 is 28.8 Å². The van der Waals surface area contributed by atoms with Crippen molar-refractivity contribution >= 4 is 13.7 Å². The third-order valence-corrected chi connectivity index (χ3v) is 13.2. The van der Waals surface area contributed by atoms with Gasteiger partial charge in [0, 0.05) is 6.42 Å². The smallest absolute Gasteiger partial charge is 0.268 e. The fraction of sp³-hybridized carbons (Fsp3) is 0.942. The Morgan fingerprint density at radius 3 is 1.28 bits per heavy atom. The predicted octanol–water partition coefficient (Wildman–Crippen LogP) is 14.8. The summed E-state index contributed by atoms with van der Waals surface area (Å²) in [6.07, 6.45) is 52.3. The van der Waals surface area contributed by atoms with Crippen molar-refractivity contribution in [1.82, 2.24) is 5.32 Å². The van der Waals surface area contributed by atoms with Crippen LogP contribution in [0.5, 0.6) is 0 Å². The van der Waals surface area contributed by atoms with Gasteiger partial charge in [0.25, 0.3) is 7.82 Å². The Hall–Kier alpha value is -0.760. The maximum atomic E-state index is 12.9. The largest absolute Gasteiger partial charge is 0.756 e. The van der Waals surface area contributed by atoms with Crippen molar-refractivity contribution in [2.45, 2.75) is 276 Å². The molecule has 2 N–H and O–H groups in total. The molecule has 9 heteroatoms. The number of phosphoric ester groups is 1. The lowest BCUT2D eigenvalue weighted by Gasteiger charge is -2.30. The van der Waals surface area contributed by atoms with Gasteiger partial charge in [0.1, 0.15) is 13.2 Å². The number of hydrogen-bond acceptors (Lipinski definition) is 6. The van der Waals surface area contributed by atoms with Gasteiger partial charge in [-0.1, -0.05) is 231 Å². The fourth-order valence-corrected chi connectivity index (χ4v) is 8.76. The van der Waals surface area contributed by atoms with Crippen molar-refractivity contribution in [3.63, 3.8) is 0 Å². The molecule has 0 bridgehead atoms. The molecule has 364 valence electrons. The van der Waals surface area contributed by atoms with E-state index in [1.807, 2.05) is 21.1 Å². The minimum atomic E-state index is -4.57. The van der Waals surface area contributed by atoms with Crippen molar-refractivity contribution in [3.8, 4) is 0 Å². The summed E-state index contributed by atoms with van der Waals surface area (Å²) in [7, 11) is 1.31.